The van der Waals surface area contributed by atoms with Gasteiger partial charge >= 0.3 is 0 Å². The van der Waals surface area contributed by atoms with Crippen LogP contribution in [0, 0.1) is 18.3 Å². The summed E-state index contributed by atoms with van der Waals surface area (Å²) in [5, 5.41) is 14.9. The van der Waals surface area contributed by atoms with Crippen molar-refractivity contribution in [1.29, 1.82) is 5.26 Å². The fraction of sp³-hybridized carbons (Fsp3) is 0.154. The normalized spacial score (nSPS) is 9.78. The number of carbonyl (C=O) groups excluding carboxylic acids is 1. The van der Waals surface area contributed by atoms with Crippen molar-refractivity contribution in [3.8, 4) is 6.07 Å². The molecule has 2 rings (SSSR count). The minimum atomic E-state index is -0.344. The summed E-state index contributed by atoms with van der Waals surface area (Å²) < 4.78 is 4.86. The molecular weight excluding hydrogens is 230 g/mol. The van der Waals surface area contributed by atoms with Crippen LogP contribution in [-0.4, -0.2) is 11.1 Å². The molecule has 0 aliphatic carbocycles. The first-order valence-electron chi connectivity index (χ1n) is 5.39. The Morgan fingerprint density at radius 3 is 2.72 bits per heavy atom. The van der Waals surface area contributed by atoms with Crippen LogP contribution >= 0.6 is 0 Å². The van der Waals surface area contributed by atoms with Crippen LogP contribution in [0.4, 0.5) is 5.69 Å². The van der Waals surface area contributed by atoms with Gasteiger partial charge in [0.25, 0.3) is 5.91 Å². The molecule has 18 heavy (non-hydrogen) atoms. The van der Waals surface area contributed by atoms with Crippen LogP contribution in [0.3, 0.4) is 0 Å². The highest BCUT2D eigenvalue weighted by molar-refractivity contribution is 6.02. The van der Waals surface area contributed by atoms with Crippen LogP contribution in [0.1, 0.15) is 21.8 Å². The van der Waals surface area contributed by atoms with E-state index < -0.39 is 0 Å². The lowest BCUT2D eigenvalue weighted by atomic mass is 10.1. The van der Waals surface area contributed by atoms with Gasteiger partial charge in [0.05, 0.1) is 18.2 Å². The average molecular weight is 241 g/mol. The Morgan fingerprint density at radius 1 is 1.44 bits per heavy atom. The van der Waals surface area contributed by atoms with Crippen molar-refractivity contribution < 1.29 is 9.32 Å². The standard InChI is InChI=1S/C13H11N3O2/c1-9-8-12(18-16-9)13(17)15-11-4-2-10(3-5-11)6-7-14/h2-5,8H,6H2,1H3,(H,15,17). The molecule has 0 bridgehead atoms. The molecule has 0 atom stereocenters. The van der Waals surface area contributed by atoms with Crippen molar-refractivity contribution in [2.45, 2.75) is 13.3 Å². The van der Waals surface area contributed by atoms with Gasteiger partial charge in [-0.2, -0.15) is 5.26 Å². The number of hydrogen-bond acceptors (Lipinski definition) is 4. The highest BCUT2D eigenvalue weighted by Crippen LogP contribution is 2.12. The van der Waals surface area contributed by atoms with E-state index in [2.05, 4.69) is 16.5 Å². The predicted octanol–water partition coefficient (Wildman–Crippen LogP) is 2.30. The van der Waals surface area contributed by atoms with Gasteiger partial charge in [0.15, 0.2) is 0 Å². The quantitative estimate of drug-likeness (QED) is 0.894. The maximum Gasteiger partial charge on any atom is 0.294 e. The molecule has 0 unspecified atom stereocenters. The van der Waals surface area contributed by atoms with E-state index in [0.29, 0.717) is 17.8 Å². The van der Waals surface area contributed by atoms with Crippen molar-refractivity contribution in [3.63, 3.8) is 0 Å². The SMILES string of the molecule is Cc1cc(C(=O)Nc2ccc(CC#N)cc2)on1. The minimum Gasteiger partial charge on any atom is -0.351 e. The Labute approximate surface area is 104 Å². The summed E-state index contributed by atoms with van der Waals surface area (Å²) in [5.74, 6) is -0.169. The molecule has 0 saturated heterocycles. The third-order valence-electron chi connectivity index (χ3n) is 2.35. The van der Waals surface area contributed by atoms with E-state index >= 15 is 0 Å². The van der Waals surface area contributed by atoms with Gasteiger partial charge in [0.1, 0.15) is 0 Å². The lowest BCUT2D eigenvalue weighted by Crippen LogP contribution is -2.10. The van der Waals surface area contributed by atoms with E-state index in [1.165, 1.54) is 0 Å². The van der Waals surface area contributed by atoms with Crippen molar-refractivity contribution in [2.75, 3.05) is 5.32 Å². The van der Waals surface area contributed by atoms with E-state index in [-0.39, 0.29) is 11.7 Å². The van der Waals surface area contributed by atoms with Crippen molar-refractivity contribution in [2.24, 2.45) is 0 Å². The smallest absolute Gasteiger partial charge is 0.294 e. The topological polar surface area (TPSA) is 78.9 Å². The average Bonchev–Trinajstić information content (AvgIpc) is 2.79. The van der Waals surface area contributed by atoms with Crippen LogP contribution < -0.4 is 5.32 Å². The Bertz CT molecular complexity index is 593. The van der Waals surface area contributed by atoms with Gasteiger partial charge in [-0.1, -0.05) is 17.3 Å². The van der Waals surface area contributed by atoms with E-state index in [9.17, 15) is 4.79 Å². The third-order valence-corrected chi connectivity index (χ3v) is 2.35. The molecule has 5 heteroatoms. The van der Waals surface area contributed by atoms with E-state index in [0.717, 1.165) is 5.56 Å². The number of nitrogens with one attached hydrogen (secondary N) is 1. The van der Waals surface area contributed by atoms with Gasteiger partial charge in [-0.05, 0) is 24.6 Å². The van der Waals surface area contributed by atoms with E-state index in [1.807, 2.05) is 0 Å². The molecule has 0 saturated carbocycles. The highest BCUT2D eigenvalue weighted by atomic mass is 16.5. The molecule has 1 amide bonds. The summed E-state index contributed by atoms with van der Waals surface area (Å²) in [4.78, 5) is 11.7. The summed E-state index contributed by atoms with van der Waals surface area (Å²) in [5.41, 5.74) is 2.21. The molecule has 1 aromatic carbocycles. The maximum absolute atomic E-state index is 11.7. The first kappa shape index (κ1) is 11.9. The summed E-state index contributed by atoms with van der Waals surface area (Å²) in [6, 6.07) is 10.7. The zero-order valence-corrected chi connectivity index (χ0v) is 9.80. The van der Waals surface area contributed by atoms with Gasteiger partial charge in [0.2, 0.25) is 5.76 Å². The molecule has 0 spiro atoms. The summed E-state index contributed by atoms with van der Waals surface area (Å²) in [6.45, 7) is 1.75. The van der Waals surface area contributed by atoms with E-state index in [1.54, 1.807) is 37.3 Å². The van der Waals surface area contributed by atoms with Gasteiger partial charge in [0, 0.05) is 11.8 Å². The highest BCUT2D eigenvalue weighted by Gasteiger charge is 2.11. The second-order valence-electron chi connectivity index (χ2n) is 3.82. The van der Waals surface area contributed by atoms with Crippen LogP contribution in [0.5, 0.6) is 0 Å². The number of aromatic nitrogens is 1. The Kier molecular flexibility index (Phi) is 3.39. The van der Waals surface area contributed by atoms with Gasteiger partial charge < -0.3 is 9.84 Å². The predicted molar refractivity (Wildman–Crippen MR) is 65.0 cm³/mol. The van der Waals surface area contributed by atoms with Crippen LogP contribution in [0.25, 0.3) is 0 Å². The van der Waals surface area contributed by atoms with Crippen molar-refractivity contribution in [3.05, 3.63) is 47.3 Å². The van der Waals surface area contributed by atoms with E-state index in [4.69, 9.17) is 9.78 Å². The lowest BCUT2D eigenvalue weighted by molar-refractivity contribution is 0.0988. The number of amides is 1. The molecule has 2 aromatic rings. The zero-order chi connectivity index (χ0) is 13.0. The van der Waals surface area contributed by atoms with Crippen LogP contribution in [0.15, 0.2) is 34.9 Å². The molecule has 1 aromatic heterocycles. The fourth-order valence-electron chi connectivity index (χ4n) is 1.46. The number of anilines is 1. The number of rotatable bonds is 3. The Hall–Kier alpha value is -2.61. The summed E-state index contributed by atoms with van der Waals surface area (Å²) in [6.07, 6.45) is 0.357. The number of hydrogen-bond donors (Lipinski definition) is 1. The lowest BCUT2D eigenvalue weighted by Gasteiger charge is -2.02. The molecule has 5 nitrogen and oxygen atoms in total. The fourth-order valence-corrected chi connectivity index (χ4v) is 1.46. The van der Waals surface area contributed by atoms with Crippen molar-refractivity contribution in [1.82, 2.24) is 5.16 Å². The first-order chi connectivity index (χ1) is 8.69. The third kappa shape index (κ3) is 2.74. The largest absolute Gasteiger partial charge is 0.351 e. The Morgan fingerprint density at radius 2 is 2.17 bits per heavy atom. The number of benzene rings is 1. The molecule has 0 fully saturated rings. The minimum absolute atomic E-state index is 0.175. The van der Waals surface area contributed by atoms with Gasteiger partial charge in [-0.15, -0.1) is 0 Å². The molecule has 0 aliphatic heterocycles. The van der Waals surface area contributed by atoms with Gasteiger partial charge in [-0.25, -0.2) is 0 Å². The molecule has 90 valence electrons. The molecule has 0 aliphatic rings. The monoisotopic (exact) mass is 241 g/mol. The van der Waals surface area contributed by atoms with Crippen molar-refractivity contribution >= 4 is 11.6 Å². The number of carbonyl (C=O) groups is 1. The van der Waals surface area contributed by atoms with Crippen LogP contribution in [0.2, 0.25) is 0 Å². The second-order valence-corrected chi connectivity index (χ2v) is 3.82. The number of aryl methyl sites for hydroxylation is 1. The Balaban J connectivity index is 2.05. The van der Waals surface area contributed by atoms with Gasteiger partial charge in [-0.3, -0.25) is 4.79 Å². The number of nitrogens with zero attached hydrogens (tertiary/aromatic N) is 2. The summed E-state index contributed by atoms with van der Waals surface area (Å²) in [7, 11) is 0. The molecule has 1 heterocycles. The molecule has 0 radical (unpaired) electrons. The number of nitriles is 1. The first-order valence-corrected chi connectivity index (χ1v) is 5.39. The zero-order valence-electron chi connectivity index (χ0n) is 9.80. The molecular formula is C13H11N3O2. The molecule has 1 N–H and O–H groups in total. The summed E-state index contributed by atoms with van der Waals surface area (Å²) >= 11 is 0. The van der Waals surface area contributed by atoms with Crippen LogP contribution in [-0.2, 0) is 6.42 Å². The second kappa shape index (κ2) is 5.15. The maximum atomic E-state index is 11.7.